The van der Waals surface area contributed by atoms with Crippen LogP contribution in [-0.4, -0.2) is 34.4 Å². The fourth-order valence-electron chi connectivity index (χ4n) is 7.27. The van der Waals surface area contributed by atoms with Gasteiger partial charge in [0.1, 0.15) is 11.5 Å². The van der Waals surface area contributed by atoms with Gasteiger partial charge >= 0.3 is 0 Å². The van der Waals surface area contributed by atoms with E-state index in [2.05, 4.69) is 126 Å². The number of nitrogens with zero attached hydrogens (tertiary/aromatic N) is 2. The second-order valence-electron chi connectivity index (χ2n) is 14.5. The van der Waals surface area contributed by atoms with Crippen molar-refractivity contribution in [2.24, 2.45) is 0 Å². The molecule has 2 N–H and O–H groups in total. The minimum absolute atomic E-state index is 0.000686. The van der Waals surface area contributed by atoms with Gasteiger partial charge in [0.25, 0.3) is 0 Å². The summed E-state index contributed by atoms with van der Waals surface area (Å²) in [6.07, 6.45) is 5.55. The molecule has 0 heterocycles. The second-order valence-corrected chi connectivity index (χ2v) is 14.5. The Morgan fingerprint density at radius 3 is 1.20 bits per heavy atom. The smallest absolute Gasteiger partial charge is 0.130 e. The molecule has 49 heavy (non-hydrogen) atoms. The number of aryl methyl sites for hydroxylation is 4. The van der Waals surface area contributed by atoms with Crippen LogP contribution in [0.2, 0.25) is 0 Å². The van der Waals surface area contributed by atoms with Crippen LogP contribution in [0.1, 0.15) is 102 Å². The van der Waals surface area contributed by atoms with E-state index in [1.807, 2.05) is 24.3 Å². The topological polar surface area (TPSA) is 56.2 Å². The average Bonchev–Trinajstić information content (AvgIpc) is 3.06. The van der Waals surface area contributed by atoms with Crippen LogP contribution in [0.5, 0.6) is 11.5 Å². The van der Waals surface area contributed by atoms with Crippen molar-refractivity contribution in [3.8, 4) is 11.5 Å². The summed E-state index contributed by atoms with van der Waals surface area (Å²) in [4.78, 5) is 4.92. The largest absolute Gasteiger partial charge is 0.457 e. The Kier molecular flexibility index (Phi) is 14.2. The Morgan fingerprint density at radius 1 is 0.469 bits per heavy atom. The lowest BCUT2D eigenvalue weighted by Crippen LogP contribution is -2.36. The molecule has 4 rings (SSSR count). The van der Waals surface area contributed by atoms with E-state index in [4.69, 9.17) is 4.74 Å². The molecule has 4 aromatic carbocycles. The van der Waals surface area contributed by atoms with Crippen LogP contribution in [0.3, 0.4) is 0 Å². The van der Waals surface area contributed by atoms with E-state index in [-0.39, 0.29) is 13.2 Å². The second kappa shape index (κ2) is 18.3. The first-order valence-electron chi connectivity index (χ1n) is 18.4. The first kappa shape index (κ1) is 38.0. The molecule has 0 saturated heterocycles. The van der Waals surface area contributed by atoms with E-state index in [0.717, 1.165) is 72.3 Å². The number of ether oxygens (including phenoxy) is 1. The Morgan fingerprint density at radius 2 is 0.857 bits per heavy atom. The van der Waals surface area contributed by atoms with Gasteiger partial charge in [-0.2, -0.15) is 0 Å². The van der Waals surface area contributed by atoms with Crippen molar-refractivity contribution in [3.63, 3.8) is 0 Å². The molecule has 0 fully saturated rings. The highest BCUT2D eigenvalue weighted by Crippen LogP contribution is 2.32. The number of hydrogen-bond acceptors (Lipinski definition) is 5. The zero-order valence-electron chi connectivity index (χ0n) is 31.2. The molecule has 5 heteroatoms. The highest BCUT2D eigenvalue weighted by molar-refractivity contribution is 5.51. The van der Waals surface area contributed by atoms with Crippen LogP contribution in [0, 0.1) is 0 Å². The van der Waals surface area contributed by atoms with Crippen LogP contribution in [0.4, 0.5) is 11.4 Å². The Bertz CT molecular complexity index is 1470. The fourth-order valence-corrected chi connectivity index (χ4v) is 7.27. The molecule has 0 radical (unpaired) electrons. The lowest BCUT2D eigenvalue weighted by Gasteiger charge is -2.33. The number of hydrogen-bond donors (Lipinski definition) is 2. The van der Waals surface area contributed by atoms with E-state index < -0.39 is 0 Å². The first-order chi connectivity index (χ1) is 23.5. The molecule has 0 bridgehead atoms. The van der Waals surface area contributed by atoms with Gasteiger partial charge < -0.3 is 24.7 Å². The van der Waals surface area contributed by atoms with E-state index in [0.29, 0.717) is 24.2 Å². The van der Waals surface area contributed by atoms with Crippen molar-refractivity contribution in [3.05, 3.63) is 118 Å². The van der Waals surface area contributed by atoms with Gasteiger partial charge in [-0.1, -0.05) is 36.4 Å². The third kappa shape index (κ3) is 10.6. The third-order valence-electron chi connectivity index (χ3n) is 9.30. The summed E-state index contributed by atoms with van der Waals surface area (Å²) in [5.74, 6) is 1.65. The molecular formula is C44H60N2O3. The van der Waals surface area contributed by atoms with Crippen molar-refractivity contribution in [1.82, 2.24) is 0 Å². The van der Waals surface area contributed by atoms with Gasteiger partial charge in [0.15, 0.2) is 0 Å². The quantitative estimate of drug-likeness (QED) is 0.111. The monoisotopic (exact) mass is 664 g/mol. The lowest BCUT2D eigenvalue weighted by molar-refractivity contribution is 0.281. The fraction of sp³-hybridized carbons (Fsp3) is 0.455. The van der Waals surface area contributed by atoms with Gasteiger partial charge in [-0.25, -0.2) is 0 Å². The lowest BCUT2D eigenvalue weighted by atomic mass is 10.00. The number of aliphatic hydroxyl groups is 2. The molecule has 0 aliphatic rings. The van der Waals surface area contributed by atoms with Crippen molar-refractivity contribution >= 4 is 11.4 Å². The van der Waals surface area contributed by atoms with Crippen LogP contribution in [-0.2, 0) is 38.9 Å². The molecule has 0 aliphatic heterocycles. The first-order valence-corrected chi connectivity index (χ1v) is 18.4. The Balaban J connectivity index is 1.48. The molecule has 264 valence electrons. The maximum atomic E-state index is 9.94. The predicted octanol–water partition coefficient (Wildman–Crippen LogP) is 10.1. The molecule has 0 aromatic heterocycles. The molecule has 0 atom stereocenters. The Hall–Kier alpha value is -3.80. The summed E-state index contributed by atoms with van der Waals surface area (Å²) in [5.41, 5.74) is 9.18. The van der Waals surface area contributed by atoms with E-state index >= 15 is 0 Å². The average molecular weight is 665 g/mol. The summed E-state index contributed by atoms with van der Waals surface area (Å²) < 4.78 is 6.68. The minimum Gasteiger partial charge on any atom is -0.457 e. The van der Waals surface area contributed by atoms with Gasteiger partial charge in [-0.15, -0.1) is 0 Å². The minimum atomic E-state index is -0.000686. The normalized spacial score (nSPS) is 11.6. The zero-order chi connectivity index (χ0) is 35.5. The summed E-state index contributed by atoms with van der Waals surface area (Å²) in [5, 5.41) is 19.9. The van der Waals surface area contributed by atoms with Crippen molar-refractivity contribution in [2.75, 3.05) is 9.80 Å². The Labute approximate surface area is 296 Å². The molecule has 0 aliphatic carbocycles. The summed E-state index contributed by atoms with van der Waals surface area (Å²) in [6.45, 7) is 18.0. The van der Waals surface area contributed by atoms with Gasteiger partial charge in [0.2, 0.25) is 0 Å². The third-order valence-corrected chi connectivity index (χ3v) is 9.30. The molecule has 0 amide bonds. The standard InChI is InChI=1S/C44H60N2O3/c1-31(2)45(32(3)4)41-19-11-15-35(27-41)13-9-17-39-25-37(29-47)21-23-43(39)49-44-24-22-38(30-48)26-40(44)18-10-14-36-16-12-20-42(28-36)46(33(5)6)34(7)8/h11-12,15-16,19-28,31-34,47-48H,9-10,13-14,17-18,29-30H2,1-8H3. The summed E-state index contributed by atoms with van der Waals surface area (Å²) in [7, 11) is 0. The van der Waals surface area contributed by atoms with Crippen molar-refractivity contribution < 1.29 is 14.9 Å². The van der Waals surface area contributed by atoms with Crippen LogP contribution < -0.4 is 14.5 Å². The van der Waals surface area contributed by atoms with Gasteiger partial charge in [0.05, 0.1) is 13.2 Å². The predicted molar refractivity (Wildman–Crippen MR) is 207 cm³/mol. The van der Waals surface area contributed by atoms with E-state index in [1.54, 1.807) is 0 Å². The van der Waals surface area contributed by atoms with Gasteiger partial charge in [-0.3, -0.25) is 0 Å². The molecular weight excluding hydrogens is 604 g/mol. The van der Waals surface area contributed by atoms with Crippen molar-refractivity contribution in [2.45, 2.75) is 131 Å². The molecule has 0 spiro atoms. The number of rotatable bonds is 18. The summed E-state index contributed by atoms with van der Waals surface area (Å²) >= 11 is 0. The highest BCUT2D eigenvalue weighted by atomic mass is 16.5. The van der Waals surface area contributed by atoms with Crippen molar-refractivity contribution in [1.29, 1.82) is 0 Å². The maximum Gasteiger partial charge on any atom is 0.130 e. The van der Waals surface area contributed by atoms with Crippen LogP contribution in [0.15, 0.2) is 84.9 Å². The van der Waals surface area contributed by atoms with Gasteiger partial charge in [0, 0.05) is 35.5 Å². The van der Waals surface area contributed by atoms with Crippen LogP contribution in [0.25, 0.3) is 0 Å². The van der Waals surface area contributed by atoms with E-state index in [1.165, 1.54) is 22.5 Å². The van der Waals surface area contributed by atoms with E-state index in [9.17, 15) is 10.2 Å². The molecule has 4 aromatic rings. The maximum absolute atomic E-state index is 9.94. The molecule has 5 nitrogen and oxygen atoms in total. The summed E-state index contributed by atoms with van der Waals surface area (Å²) in [6, 6.07) is 31.7. The molecule has 0 unspecified atom stereocenters. The molecule has 0 saturated carbocycles. The zero-order valence-corrected chi connectivity index (χ0v) is 31.2. The number of benzene rings is 4. The number of aliphatic hydroxyl groups excluding tert-OH is 2. The number of anilines is 2. The SMILES string of the molecule is CC(C)N(c1cccc(CCCc2cc(CO)ccc2Oc2ccc(CO)cc2CCCc2cccc(N(C(C)C)C(C)C)c2)c1)C(C)C. The van der Waals surface area contributed by atoms with Gasteiger partial charge in [-0.05, 0) is 176 Å². The highest BCUT2D eigenvalue weighted by Gasteiger charge is 2.17. The van der Waals surface area contributed by atoms with Crippen LogP contribution >= 0.6 is 0 Å².